The van der Waals surface area contributed by atoms with Crippen LogP contribution >= 0.6 is 0 Å². The zero-order valence-electron chi connectivity index (χ0n) is 12.6. The Morgan fingerprint density at radius 2 is 1.90 bits per heavy atom. The van der Waals surface area contributed by atoms with E-state index in [1.807, 2.05) is 26.8 Å². The SMILES string of the molecule is CCOCCN(CC)S(=O)(=O)c1c(N)ccc(C)c1C. The smallest absolute Gasteiger partial charge is 0.245 e. The summed E-state index contributed by atoms with van der Waals surface area (Å²) in [6.07, 6.45) is 0. The number of sulfonamides is 1. The predicted molar refractivity (Wildman–Crippen MR) is 81.3 cm³/mol. The fourth-order valence-electron chi connectivity index (χ4n) is 2.04. The third-order valence-electron chi connectivity index (χ3n) is 3.35. The minimum absolute atomic E-state index is 0.218. The van der Waals surface area contributed by atoms with Gasteiger partial charge in [0.05, 0.1) is 12.3 Å². The molecule has 0 amide bonds. The molecule has 0 aromatic heterocycles. The van der Waals surface area contributed by atoms with E-state index < -0.39 is 10.0 Å². The van der Waals surface area contributed by atoms with Crippen LogP contribution in [0.5, 0.6) is 0 Å². The van der Waals surface area contributed by atoms with Gasteiger partial charge in [-0.25, -0.2) is 8.42 Å². The van der Waals surface area contributed by atoms with E-state index in [4.69, 9.17) is 10.5 Å². The van der Waals surface area contributed by atoms with Crippen LogP contribution in [-0.4, -0.2) is 39.0 Å². The largest absolute Gasteiger partial charge is 0.398 e. The molecule has 6 heteroatoms. The second-order valence-electron chi connectivity index (χ2n) is 4.62. The molecule has 0 fully saturated rings. The molecular weight excluding hydrogens is 276 g/mol. The molecule has 20 heavy (non-hydrogen) atoms. The molecule has 0 aliphatic rings. The van der Waals surface area contributed by atoms with Crippen molar-refractivity contribution in [2.75, 3.05) is 32.0 Å². The summed E-state index contributed by atoms with van der Waals surface area (Å²) in [5, 5.41) is 0. The first-order valence-corrected chi connectivity index (χ1v) is 8.23. The minimum Gasteiger partial charge on any atom is -0.398 e. The number of likely N-dealkylation sites (N-methyl/N-ethyl adjacent to an activating group) is 1. The van der Waals surface area contributed by atoms with Crippen LogP contribution in [0.2, 0.25) is 0 Å². The number of hydrogen-bond acceptors (Lipinski definition) is 4. The van der Waals surface area contributed by atoms with Crippen molar-refractivity contribution in [2.45, 2.75) is 32.6 Å². The van der Waals surface area contributed by atoms with Gasteiger partial charge in [-0.05, 0) is 38.0 Å². The number of ether oxygens (including phenoxy) is 1. The first-order valence-electron chi connectivity index (χ1n) is 6.79. The second kappa shape index (κ2) is 7.06. The van der Waals surface area contributed by atoms with E-state index in [-0.39, 0.29) is 4.90 Å². The van der Waals surface area contributed by atoms with Gasteiger partial charge in [0.2, 0.25) is 10.0 Å². The molecule has 0 atom stereocenters. The van der Waals surface area contributed by atoms with E-state index in [2.05, 4.69) is 0 Å². The molecule has 0 aliphatic carbocycles. The number of anilines is 1. The highest BCUT2D eigenvalue weighted by Gasteiger charge is 2.27. The van der Waals surface area contributed by atoms with Crippen molar-refractivity contribution in [3.63, 3.8) is 0 Å². The van der Waals surface area contributed by atoms with Crippen LogP contribution < -0.4 is 5.73 Å². The lowest BCUT2D eigenvalue weighted by Crippen LogP contribution is -2.34. The molecular formula is C14H24N2O3S. The van der Waals surface area contributed by atoms with Gasteiger partial charge in [-0.15, -0.1) is 0 Å². The van der Waals surface area contributed by atoms with Crippen LogP contribution in [-0.2, 0) is 14.8 Å². The number of rotatable bonds is 7. The van der Waals surface area contributed by atoms with E-state index in [0.717, 1.165) is 5.56 Å². The Labute approximate surface area is 121 Å². The number of nitrogens with zero attached hydrogens (tertiary/aromatic N) is 1. The maximum absolute atomic E-state index is 12.7. The number of hydrogen-bond donors (Lipinski definition) is 1. The van der Waals surface area contributed by atoms with Crippen molar-refractivity contribution in [3.8, 4) is 0 Å². The molecule has 0 heterocycles. The average Bonchev–Trinajstić information content (AvgIpc) is 2.39. The first-order chi connectivity index (χ1) is 9.36. The van der Waals surface area contributed by atoms with Crippen LogP contribution in [0.15, 0.2) is 17.0 Å². The summed E-state index contributed by atoms with van der Waals surface area (Å²) in [5.41, 5.74) is 7.80. The summed E-state index contributed by atoms with van der Waals surface area (Å²) in [6, 6.07) is 3.48. The fraction of sp³-hybridized carbons (Fsp3) is 0.571. The van der Waals surface area contributed by atoms with Crippen molar-refractivity contribution in [3.05, 3.63) is 23.3 Å². The third-order valence-corrected chi connectivity index (χ3v) is 5.53. The summed E-state index contributed by atoms with van der Waals surface area (Å²) in [7, 11) is -3.59. The summed E-state index contributed by atoms with van der Waals surface area (Å²) in [5.74, 6) is 0. The Morgan fingerprint density at radius 1 is 1.25 bits per heavy atom. The number of aryl methyl sites for hydroxylation is 1. The lowest BCUT2D eigenvalue weighted by Gasteiger charge is -2.23. The van der Waals surface area contributed by atoms with Crippen LogP contribution in [0.25, 0.3) is 0 Å². The number of benzene rings is 1. The lowest BCUT2D eigenvalue weighted by atomic mass is 10.1. The van der Waals surface area contributed by atoms with Gasteiger partial charge in [0.15, 0.2) is 0 Å². The molecule has 0 unspecified atom stereocenters. The minimum atomic E-state index is -3.59. The fourth-order valence-corrected chi connectivity index (χ4v) is 3.87. The summed E-state index contributed by atoms with van der Waals surface area (Å²) >= 11 is 0. The lowest BCUT2D eigenvalue weighted by molar-refractivity contribution is 0.135. The van der Waals surface area contributed by atoms with Gasteiger partial charge in [0.1, 0.15) is 4.90 Å². The zero-order valence-corrected chi connectivity index (χ0v) is 13.5. The van der Waals surface area contributed by atoms with Crippen molar-refractivity contribution < 1.29 is 13.2 Å². The molecule has 0 radical (unpaired) electrons. The molecule has 0 bridgehead atoms. The van der Waals surface area contributed by atoms with Crippen LogP contribution in [0.4, 0.5) is 5.69 Å². The average molecular weight is 300 g/mol. The maximum Gasteiger partial charge on any atom is 0.245 e. The van der Waals surface area contributed by atoms with Crippen LogP contribution in [0, 0.1) is 13.8 Å². The van der Waals surface area contributed by atoms with E-state index in [1.165, 1.54) is 4.31 Å². The number of nitrogens with two attached hydrogens (primary N) is 1. The summed E-state index contributed by atoms with van der Waals surface area (Å²) < 4.78 is 32.1. The Kier molecular flexibility index (Phi) is 5.98. The molecule has 114 valence electrons. The van der Waals surface area contributed by atoms with Crippen LogP contribution in [0.3, 0.4) is 0 Å². The molecule has 2 N–H and O–H groups in total. The monoisotopic (exact) mass is 300 g/mol. The molecule has 5 nitrogen and oxygen atoms in total. The van der Waals surface area contributed by atoms with Gasteiger partial charge in [-0.1, -0.05) is 13.0 Å². The molecule has 0 saturated heterocycles. The normalized spacial score (nSPS) is 12.1. The van der Waals surface area contributed by atoms with Gasteiger partial charge in [0.25, 0.3) is 0 Å². The standard InChI is InChI=1S/C14H24N2O3S/c1-5-16(9-10-19-6-2)20(17,18)14-12(4)11(3)7-8-13(14)15/h7-8H,5-6,9-10,15H2,1-4H3. The van der Waals surface area contributed by atoms with E-state index in [0.29, 0.717) is 37.6 Å². The second-order valence-corrected chi connectivity index (χ2v) is 6.49. The van der Waals surface area contributed by atoms with E-state index in [1.54, 1.807) is 13.0 Å². The molecule has 1 aromatic rings. The van der Waals surface area contributed by atoms with E-state index >= 15 is 0 Å². The summed E-state index contributed by atoms with van der Waals surface area (Å²) in [6.45, 7) is 9.04. The highest BCUT2D eigenvalue weighted by molar-refractivity contribution is 7.89. The van der Waals surface area contributed by atoms with Crippen molar-refractivity contribution in [1.29, 1.82) is 0 Å². The molecule has 0 spiro atoms. The first kappa shape index (κ1) is 16.9. The van der Waals surface area contributed by atoms with Crippen molar-refractivity contribution in [1.82, 2.24) is 4.31 Å². The van der Waals surface area contributed by atoms with Crippen LogP contribution in [0.1, 0.15) is 25.0 Å². The van der Waals surface area contributed by atoms with Crippen molar-refractivity contribution >= 4 is 15.7 Å². The Hall–Kier alpha value is -1.11. The molecule has 1 aromatic carbocycles. The Morgan fingerprint density at radius 3 is 2.45 bits per heavy atom. The highest BCUT2D eigenvalue weighted by atomic mass is 32.2. The zero-order chi connectivity index (χ0) is 15.3. The Balaban J connectivity index is 3.18. The van der Waals surface area contributed by atoms with Gasteiger partial charge < -0.3 is 10.5 Å². The molecule has 0 saturated carbocycles. The molecule has 1 rings (SSSR count). The van der Waals surface area contributed by atoms with Gasteiger partial charge in [-0.2, -0.15) is 4.31 Å². The third kappa shape index (κ3) is 3.50. The number of nitrogen functional groups attached to an aromatic ring is 1. The van der Waals surface area contributed by atoms with E-state index in [9.17, 15) is 8.42 Å². The summed E-state index contributed by atoms with van der Waals surface area (Å²) in [4.78, 5) is 0.218. The molecule has 0 aliphatic heterocycles. The van der Waals surface area contributed by atoms with Gasteiger partial charge >= 0.3 is 0 Å². The quantitative estimate of drug-likeness (QED) is 0.617. The maximum atomic E-state index is 12.7. The highest BCUT2D eigenvalue weighted by Crippen LogP contribution is 2.28. The topological polar surface area (TPSA) is 72.6 Å². The van der Waals surface area contributed by atoms with Crippen molar-refractivity contribution in [2.24, 2.45) is 0 Å². The predicted octanol–water partition coefficient (Wildman–Crippen LogP) is 1.93. The van der Waals surface area contributed by atoms with Gasteiger partial charge in [-0.3, -0.25) is 0 Å². The Bertz CT molecular complexity index is 556. The van der Waals surface area contributed by atoms with Gasteiger partial charge in [0, 0.05) is 19.7 Å².